The van der Waals surface area contributed by atoms with E-state index in [0.29, 0.717) is 11.4 Å². The number of hydrogen-bond acceptors (Lipinski definition) is 4. The Morgan fingerprint density at radius 1 is 0.759 bits per heavy atom. The van der Waals surface area contributed by atoms with E-state index < -0.39 is 5.91 Å². The van der Waals surface area contributed by atoms with Crippen LogP contribution < -0.4 is 10.6 Å². The molecule has 0 heterocycles. The fourth-order valence-electron chi connectivity index (χ4n) is 2.48. The van der Waals surface area contributed by atoms with Crippen molar-refractivity contribution in [3.05, 3.63) is 96.2 Å². The second-order valence-electron chi connectivity index (χ2n) is 6.19. The van der Waals surface area contributed by atoms with Crippen LogP contribution in [0.3, 0.4) is 0 Å². The molecule has 0 aliphatic rings. The van der Waals surface area contributed by atoms with E-state index in [1.165, 1.54) is 6.92 Å². The molecule has 29 heavy (non-hydrogen) atoms. The van der Waals surface area contributed by atoms with Gasteiger partial charge in [0.25, 0.3) is 5.91 Å². The second kappa shape index (κ2) is 9.75. The van der Waals surface area contributed by atoms with Gasteiger partial charge in [0.15, 0.2) is 0 Å². The lowest BCUT2D eigenvalue weighted by molar-refractivity contribution is -0.120. The lowest BCUT2D eigenvalue weighted by Gasteiger charge is -2.10. The standard InChI is InChI=1S/C23H20N4O2/c1-17(28)24-22(16-18-8-4-2-5-9-18)23(29)25-19-12-14-21(15-13-19)27-26-20-10-6-3-7-11-20/h2-16H,1H3,(H,24,28)(H,25,29). The van der Waals surface area contributed by atoms with Crippen LogP contribution in [0.15, 0.2) is 101 Å². The van der Waals surface area contributed by atoms with Gasteiger partial charge in [-0.15, -0.1) is 0 Å². The number of anilines is 1. The van der Waals surface area contributed by atoms with E-state index in [9.17, 15) is 9.59 Å². The Balaban J connectivity index is 1.70. The first-order valence-corrected chi connectivity index (χ1v) is 9.03. The number of azo groups is 1. The molecule has 3 aromatic rings. The van der Waals surface area contributed by atoms with Gasteiger partial charge in [-0.05, 0) is 48.0 Å². The zero-order chi connectivity index (χ0) is 20.5. The highest BCUT2D eigenvalue weighted by Crippen LogP contribution is 2.20. The van der Waals surface area contributed by atoms with Crippen molar-refractivity contribution >= 4 is 35.0 Å². The third kappa shape index (κ3) is 6.25. The first-order chi connectivity index (χ1) is 14.1. The highest BCUT2D eigenvalue weighted by molar-refractivity contribution is 6.08. The van der Waals surface area contributed by atoms with Gasteiger partial charge in [0.2, 0.25) is 5.91 Å². The summed E-state index contributed by atoms with van der Waals surface area (Å²) in [7, 11) is 0. The summed E-state index contributed by atoms with van der Waals surface area (Å²) in [6, 6.07) is 25.7. The molecule has 0 saturated carbocycles. The predicted molar refractivity (Wildman–Crippen MR) is 114 cm³/mol. The molecule has 0 aliphatic carbocycles. The monoisotopic (exact) mass is 384 g/mol. The fourth-order valence-corrected chi connectivity index (χ4v) is 2.48. The van der Waals surface area contributed by atoms with E-state index in [1.807, 2.05) is 60.7 Å². The zero-order valence-electron chi connectivity index (χ0n) is 15.9. The Morgan fingerprint density at radius 2 is 1.31 bits per heavy atom. The summed E-state index contributed by atoms with van der Waals surface area (Å²) < 4.78 is 0. The number of nitrogens with zero attached hydrogens (tertiary/aromatic N) is 2. The largest absolute Gasteiger partial charge is 0.322 e. The van der Waals surface area contributed by atoms with Crippen molar-refractivity contribution in [2.45, 2.75) is 6.92 Å². The Hall–Kier alpha value is -4.06. The van der Waals surface area contributed by atoms with Crippen LogP contribution in [0.5, 0.6) is 0 Å². The van der Waals surface area contributed by atoms with Crippen molar-refractivity contribution in [2.75, 3.05) is 5.32 Å². The topological polar surface area (TPSA) is 82.9 Å². The van der Waals surface area contributed by atoms with Crippen LogP contribution in [0.25, 0.3) is 6.08 Å². The van der Waals surface area contributed by atoms with Crippen LogP contribution in [-0.2, 0) is 9.59 Å². The lowest BCUT2D eigenvalue weighted by atomic mass is 10.2. The van der Waals surface area contributed by atoms with Gasteiger partial charge in [-0.25, -0.2) is 0 Å². The summed E-state index contributed by atoms with van der Waals surface area (Å²) >= 11 is 0. The maximum atomic E-state index is 12.6. The molecule has 0 spiro atoms. The molecule has 2 amide bonds. The minimum Gasteiger partial charge on any atom is -0.322 e. The third-order valence-electron chi connectivity index (χ3n) is 3.83. The molecule has 0 atom stereocenters. The molecular formula is C23H20N4O2. The van der Waals surface area contributed by atoms with Crippen LogP contribution in [0, 0.1) is 0 Å². The minimum atomic E-state index is -0.414. The number of amides is 2. The van der Waals surface area contributed by atoms with Crippen molar-refractivity contribution in [2.24, 2.45) is 10.2 Å². The van der Waals surface area contributed by atoms with E-state index >= 15 is 0 Å². The molecule has 0 fully saturated rings. The summed E-state index contributed by atoms with van der Waals surface area (Å²) in [6.45, 7) is 1.36. The van der Waals surface area contributed by atoms with Gasteiger partial charge in [0.1, 0.15) is 5.70 Å². The summed E-state index contributed by atoms with van der Waals surface area (Å²) in [4.78, 5) is 24.1. The van der Waals surface area contributed by atoms with Gasteiger partial charge in [-0.3, -0.25) is 9.59 Å². The van der Waals surface area contributed by atoms with Gasteiger partial charge >= 0.3 is 0 Å². The first-order valence-electron chi connectivity index (χ1n) is 9.03. The average molecular weight is 384 g/mol. The van der Waals surface area contributed by atoms with E-state index in [1.54, 1.807) is 30.3 Å². The quantitative estimate of drug-likeness (QED) is 0.451. The Bertz CT molecular complexity index is 1030. The van der Waals surface area contributed by atoms with Gasteiger partial charge < -0.3 is 10.6 Å². The third-order valence-corrected chi connectivity index (χ3v) is 3.83. The molecule has 0 saturated heterocycles. The molecule has 144 valence electrons. The van der Waals surface area contributed by atoms with Gasteiger partial charge in [-0.2, -0.15) is 10.2 Å². The van der Waals surface area contributed by atoms with Gasteiger partial charge in [-0.1, -0.05) is 48.5 Å². The molecule has 2 N–H and O–H groups in total. The molecule has 6 heteroatoms. The fraction of sp³-hybridized carbons (Fsp3) is 0.0435. The Labute approximate surface area is 169 Å². The lowest BCUT2D eigenvalue weighted by Crippen LogP contribution is -2.28. The van der Waals surface area contributed by atoms with Gasteiger partial charge in [0.05, 0.1) is 11.4 Å². The van der Waals surface area contributed by atoms with Crippen LogP contribution in [0.2, 0.25) is 0 Å². The Kier molecular flexibility index (Phi) is 6.62. The van der Waals surface area contributed by atoms with E-state index in [4.69, 9.17) is 0 Å². The second-order valence-corrected chi connectivity index (χ2v) is 6.19. The highest BCUT2D eigenvalue weighted by Gasteiger charge is 2.11. The number of nitrogens with one attached hydrogen (secondary N) is 2. The number of benzene rings is 3. The predicted octanol–water partition coefficient (Wildman–Crippen LogP) is 5.22. The SMILES string of the molecule is CC(=O)NC(=Cc1ccccc1)C(=O)Nc1ccc(N=Nc2ccccc2)cc1. The number of carbonyl (C=O) groups is 2. The molecule has 3 rings (SSSR count). The average Bonchev–Trinajstić information content (AvgIpc) is 2.74. The van der Waals surface area contributed by atoms with Crippen molar-refractivity contribution in [1.29, 1.82) is 0 Å². The molecule has 0 bridgehead atoms. The molecule has 3 aromatic carbocycles. The van der Waals surface area contributed by atoms with Crippen molar-refractivity contribution in [1.82, 2.24) is 5.32 Å². The maximum Gasteiger partial charge on any atom is 0.272 e. The Morgan fingerprint density at radius 3 is 1.90 bits per heavy atom. The molecule has 0 unspecified atom stereocenters. The molecular weight excluding hydrogens is 364 g/mol. The smallest absolute Gasteiger partial charge is 0.272 e. The number of hydrogen-bond donors (Lipinski definition) is 2. The maximum absolute atomic E-state index is 12.6. The van der Waals surface area contributed by atoms with E-state index in [-0.39, 0.29) is 11.6 Å². The normalized spacial score (nSPS) is 11.3. The highest BCUT2D eigenvalue weighted by atomic mass is 16.2. The molecule has 0 radical (unpaired) electrons. The summed E-state index contributed by atoms with van der Waals surface area (Å²) in [5.74, 6) is -0.735. The van der Waals surface area contributed by atoms with Crippen molar-refractivity contribution in [3.8, 4) is 0 Å². The summed E-state index contributed by atoms with van der Waals surface area (Å²) in [5, 5.41) is 13.7. The first kappa shape index (κ1) is 19.7. The van der Waals surface area contributed by atoms with E-state index in [0.717, 1.165) is 11.3 Å². The van der Waals surface area contributed by atoms with Crippen molar-refractivity contribution < 1.29 is 9.59 Å². The number of carbonyl (C=O) groups excluding carboxylic acids is 2. The molecule has 0 aliphatic heterocycles. The van der Waals surface area contributed by atoms with Crippen LogP contribution in [0.4, 0.5) is 17.1 Å². The van der Waals surface area contributed by atoms with Crippen molar-refractivity contribution in [3.63, 3.8) is 0 Å². The molecule has 6 nitrogen and oxygen atoms in total. The summed E-state index contributed by atoms with van der Waals surface area (Å²) in [6.07, 6.45) is 1.62. The van der Waals surface area contributed by atoms with Crippen LogP contribution >= 0.6 is 0 Å². The zero-order valence-corrected chi connectivity index (χ0v) is 15.9. The van der Waals surface area contributed by atoms with Gasteiger partial charge in [0, 0.05) is 12.6 Å². The van der Waals surface area contributed by atoms with Crippen LogP contribution in [0.1, 0.15) is 12.5 Å². The number of rotatable bonds is 6. The van der Waals surface area contributed by atoms with Crippen LogP contribution in [-0.4, -0.2) is 11.8 Å². The molecule has 0 aromatic heterocycles. The summed E-state index contributed by atoms with van der Waals surface area (Å²) in [5.41, 5.74) is 2.97. The van der Waals surface area contributed by atoms with E-state index in [2.05, 4.69) is 20.9 Å². The minimum absolute atomic E-state index is 0.163.